The quantitative estimate of drug-likeness (QED) is 0.418. The first-order valence-electron chi connectivity index (χ1n) is 7.43. The predicted molar refractivity (Wildman–Crippen MR) is 86.6 cm³/mol. The van der Waals surface area contributed by atoms with Gasteiger partial charge in [0.25, 0.3) is 5.91 Å². The molecule has 25 heavy (non-hydrogen) atoms. The average Bonchev–Trinajstić information content (AvgIpc) is 2.63. The number of Topliss-reactive ketones (excluding diaryl/α,β-unsaturated/α-hetero) is 1. The minimum atomic E-state index is -0.171. The second kappa shape index (κ2) is 8.39. The number of nitrogens with zero attached hydrogens (tertiary/aromatic N) is 2. The third-order valence-corrected chi connectivity index (χ3v) is 3.61. The Hall–Kier alpha value is -2.74. The number of halogens is 1. The fraction of sp³-hybridized carbons (Fsp3) is 0.176. The molecule has 2 N–H and O–H groups in total. The van der Waals surface area contributed by atoms with Crippen molar-refractivity contribution >= 4 is 17.5 Å². The van der Waals surface area contributed by atoms with Gasteiger partial charge in [-0.05, 0) is 24.3 Å². The van der Waals surface area contributed by atoms with Gasteiger partial charge in [0.15, 0.2) is 18.2 Å². The van der Waals surface area contributed by atoms with Crippen molar-refractivity contribution in [2.75, 3.05) is 13.7 Å². The van der Waals surface area contributed by atoms with Crippen molar-refractivity contribution < 1.29 is 35.9 Å². The number of carbonyl (C=O) groups excluding carboxylic acids is 2. The molecule has 0 radical (unpaired) electrons. The number of ether oxygens (including phenoxy) is 1. The van der Waals surface area contributed by atoms with E-state index in [1.807, 2.05) is 12.1 Å². The van der Waals surface area contributed by atoms with Crippen LogP contribution in [0.3, 0.4) is 0 Å². The van der Waals surface area contributed by atoms with Crippen molar-refractivity contribution in [3.63, 3.8) is 0 Å². The van der Waals surface area contributed by atoms with Crippen molar-refractivity contribution in [1.29, 1.82) is 0 Å². The largest absolute Gasteiger partial charge is 1.00 e. The van der Waals surface area contributed by atoms with Crippen molar-refractivity contribution in [3.05, 3.63) is 59.9 Å². The molecule has 2 aromatic rings. The minimum Gasteiger partial charge on any atom is -1.00 e. The van der Waals surface area contributed by atoms with Gasteiger partial charge in [0.1, 0.15) is 5.75 Å². The van der Waals surface area contributed by atoms with Gasteiger partial charge in [-0.2, -0.15) is 9.67 Å². The zero-order chi connectivity index (χ0) is 16.9. The van der Waals surface area contributed by atoms with Crippen molar-refractivity contribution in [2.24, 2.45) is 5.10 Å². The number of hydrazone groups is 1. The molecule has 1 aromatic carbocycles. The zero-order valence-electron chi connectivity index (χ0n) is 13.5. The molecule has 2 heterocycles. The first-order valence-corrected chi connectivity index (χ1v) is 7.43. The first kappa shape index (κ1) is 18.6. The van der Waals surface area contributed by atoms with Crippen LogP contribution >= 0.6 is 0 Å². The van der Waals surface area contributed by atoms with E-state index in [1.54, 1.807) is 48.3 Å². The van der Waals surface area contributed by atoms with Crippen LogP contribution in [0.4, 0.5) is 0 Å². The molecule has 0 atom stereocenters. The number of amides is 1. The number of rotatable bonds is 5. The summed E-state index contributed by atoms with van der Waals surface area (Å²) in [6, 6.07) is 10.7. The summed E-state index contributed by atoms with van der Waals surface area (Å²) < 4.78 is 6.87. The Bertz CT molecular complexity index is 789. The highest BCUT2D eigenvalue weighted by Crippen LogP contribution is 2.11. The lowest BCUT2D eigenvalue weighted by molar-refractivity contribution is -0.683. The van der Waals surface area contributed by atoms with Gasteiger partial charge < -0.3 is 27.0 Å². The number of carbonyl (C=O) groups is 2. The predicted octanol–water partition coefficient (Wildman–Crippen LogP) is -2.75. The van der Waals surface area contributed by atoms with E-state index < -0.39 is 0 Å². The van der Waals surface area contributed by atoms with Crippen LogP contribution in [0.5, 0.6) is 5.75 Å². The first-order chi connectivity index (χ1) is 11.7. The molecule has 0 aliphatic carbocycles. The highest BCUT2D eigenvalue weighted by Gasteiger charge is 2.15. The van der Waals surface area contributed by atoms with Crippen LogP contribution in [0, 0.1) is 0 Å². The maximum absolute atomic E-state index is 12.3. The lowest BCUT2D eigenvalue weighted by Crippen LogP contribution is -3.00. The van der Waals surface area contributed by atoms with Gasteiger partial charge in [-0.25, -0.2) is 5.43 Å². The molecule has 0 fully saturated rings. The third kappa shape index (κ3) is 4.63. The summed E-state index contributed by atoms with van der Waals surface area (Å²) in [4.78, 5) is 23.4. The molecule has 0 spiro atoms. The van der Waals surface area contributed by atoms with E-state index in [-0.39, 0.29) is 41.8 Å². The number of hydrogen-bond donors (Lipinski definition) is 2. The molecule has 8 heteroatoms. The third-order valence-electron chi connectivity index (χ3n) is 3.61. The number of pyridine rings is 1. The normalized spacial score (nSPS) is 13.0. The summed E-state index contributed by atoms with van der Waals surface area (Å²) >= 11 is 0. The second-order valence-corrected chi connectivity index (χ2v) is 5.26. The molecule has 0 saturated carbocycles. The van der Waals surface area contributed by atoms with E-state index in [0.717, 1.165) is 11.3 Å². The van der Waals surface area contributed by atoms with Gasteiger partial charge in [0.2, 0.25) is 12.3 Å². The molecule has 3 rings (SSSR count). The highest BCUT2D eigenvalue weighted by molar-refractivity contribution is 6.02. The van der Waals surface area contributed by atoms with Crippen LogP contribution in [0.2, 0.25) is 0 Å². The lowest BCUT2D eigenvalue weighted by Gasteiger charge is -2.13. The summed E-state index contributed by atoms with van der Waals surface area (Å²) in [5.74, 6) is 1.16. The summed E-state index contributed by atoms with van der Waals surface area (Å²) in [5.41, 5.74) is 3.89. The van der Waals surface area contributed by atoms with Crippen LogP contribution < -0.4 is 37.0 Å². The molecular weight excluding hydrogens is 388 g/mol. The van der Waals surface area contributed by atoms with E-state index >= 15 is 0 Å². The lowest BCUT2D eigenvalue weighted by atomic mass is 10.1. The van der Waals surface area contributed by atoms with Crippen LogP contribution in [-0.4, -0.2) is 31.2 Å². The monoisotopic (exact) mass is 404 g/mol. The number of methoxy groups -OCH3 is 1. The van der Waals surface area contributed by atoms with Gasteiger partial charge in [-0.3, -0.25) is 9.59 Å². The molecule has 1 aromatic heterocycles. The molecule has 1 aliphatic heterocycles. The minimum absolute atomic E-state index is 0. The van der Waals surface area contributed by atoms with E-state index in [2.05, 4.69) is 15.8 Å². The van der Waals surface area contributed by atoms with E-state index in [0.29, 0.717) is 11.4 Å². The van der Waals surface area contributed by atoms with Crippen molar-refractivity contribution in [2.45, 2.75) is 6.54 Å². The maximum Gasteiger partial charge on any atom is 0.259 e. The molecule has 0 bridgehead atoms. The standard InChI is InChI=1S/C17H16N4O3.BrH/c1-24-14-4-2-12(3-5-14)15(22)11-21-8-6-13(7-9-21)17-18-10-16(23)19-20-17;/h2-9,18H,10-11H2,1H3;1H. The summed E-state index contributed by atoms with van der Waals surface area (Å²) in [5, 5.41) is 6.89. The van der Waals surface area contributed by atoms with Gasteiger partial charge in [-0.1, -0.05) is 0 Å². The van der Waals surface area contributed by atoms with E-state index in [9.17, 15) is 9.59 Å². The highest BCUT2D eigenvalue weighted by atomic mass is 79.9. The topological polar surface area (TPSA) is 83.7 Å². The van der Waals surface area contributed by atoms with Gasteiger partial charge in [-0.15, -0.1) is 0 Å². The zero-order valence-corrected chi connectivity index (χ0v) is 15.1. The maximum atomic E-state index is 12.3. The number of hydrogen-bond acceptors (Lipinski definition) is 5. The Balaban J connectivity index is 0.00000225. The molecule has 1 amide bonds. The molecular formula is C17H17BrN4O3. The van der Waals surface area contributed by atoms with Crippen molar-refractivity contribution in [3.8, 4) is 5.75 Å². The Morgan fingerprint density at radius 2 is 1.88 bits per heavy atom. The number of aromatic nitrogens is 1. The second-order valence-electron chi connectivity index (χ2n) is 5.26. The molecule has 7 nitrogen and oxygen atoms in total. The number of amidine groups is 1. The van der Waals surface area contributed by atoms with E-state index in [4.69, 9.17) is 4.74 Å². The smallest absolute Gasteiger partial charge is 0.259 e. The van der Waals surface area contributed by atoms with Crippen LogP contribution in [0.25, 0.3) is 0 Å². The average molecular weight is 405 g/mol. The van der Waals surface area contributed by atoms with Gasteiger partial charge in [0.05, 0.1) is 13.7 Å². The fourth-order valence-corrected chi connectivity index (χ4v) is 2.28. The van der Waals surface area contributed by atoms with Crippen LogP contribution in [0.1, 0.15) is 15.9 Å². The summed E-state index contributed by atoms with van der Waals surface area (Å²) in [7, 11) is 1.59. The SMILES string of the molecule is COc1ccc(C(=O)C[n+]2ccc(C3=NNC(=O)CN3)cc2)cc1.[Br-]. The number of benzene rings is 1. The number of ketones is 1. The molecule has 0 saturated heterocycles. The Morgan fingerprint density at radius 3 is 2.44 bits per heavy atom. The fourth-order valence-electron chi connectivity index (χ4n) is 2.28. The van der Waals surface area contributed by atoms with Crippen molar-refractivity contribution in [1.82, 2.24) is 10.7 Å². The van der Waals surface area contributed by atoms with Gasteiger partial charge in [0, 0.05) is 23.3 Å². The number of nitrogens with one attached hydrogen (secondary N) is 2. The van der Waals surface area contributed by atoms with Gasteiger partial charge >= 0.3 is 0 Å². The molecule has 130 valence electrons. The summed E-state index contributed by atoms with van der Waals surface area (Å²) in [6.07, 6.45) is 3.61. The summed E-state index contributed by atoms with van der Waals surface area (Å²) in [6.45, 7) is 0.437. The Kier molecular flexibility index (Phi) is 6.24. The Morgan fingerprint density at radius 1 is 1.20 bits per heavy atom. The Labute approximate surface area is 155 Å². The van der Waals surface area contributed by atoms with Crippen LogP contribution in [-0.2, 0) is 11.3 Å². The molecule has 1 aliphatic rings. The van der Waals surface area contributed by atoms with Crippen LogP contribution in [0.15, 0.2) is 53.9 Å². The van der Waals surface area contributed by atoms with E-state index in [1.165, 1.54) is 0 Å². The molecule has 0 unspecified atom stereocenters.